The van der Waals surface area contributed by atoms with Crippen molar-refractivity contribution in [2.24, 2.45) is 10.5 Å². The van der Waals surface area contributed by atoms with Gasteiger partial charge in [-0.15, -0.1) is 0 Å². The van der Waals surface area contributed by atoms with Crippen molar-refractivity contribution in [2.75, 3.05) is 6.54 Å². The van der Waals surface area contributed by atoms with Crippen LogP contribution in [0.15, 0.2) is 41.1 Å². The molecule has 0 aromatic heterocycles. The molecule has 6 heteroatoms. The Morgan fingerprint density at radius 3 is 2.65 bits per heavy atom. The number of nitrogens with zero attached hydrogens (tertiary/aromatic N) is 1. The van der Waals surface area contributed by atoms with Gasteiger partial charge < -0.3 is 10.4 Å². The van der Waals surface area contributed by atoms with Gasteiger partial charge in [0.2, 0.25) is 0 Å². The number of carbonyl (C=O) groups excluding carboxylic acids is 2. The molecular weight excluding hydrogens is 294 g/mol. The zero-order valence-corrected chi connectivity index (χ0v) is 13.3. The van der Waals surface area contributed by atoms with Gasteiger partial charge in [0.05, 0.1) is 12.8 Å². The number of carbonyl (C=O) groups is 2. The first-order valence-electron chi connectivity index (χ1n) is 7.42. The van der Waals surface area contributed by atoms with Gasteiger partial charge in [-0.25, -0.2) is 5.43 Å². The Kier molecular flexibility index (Phi) is 5.16. The number of hydrogen-bond acceptors (Lipinski definition) is 5. The topological polar surface area (TPSA) is 90.8 Å². The summed E-state index contributed by atoms with van der Waals surface area (Å²) < 4.78 is 0. The van der Waals surface area contributed by atoms with Gasteiger partial charge in [0.1, 0.15) is 5.75 Å². The van der Waals surface area contributed by atoms with Crippen LogP contribution in [-0.4, -0.2) is 29.6 Å². The highest BCUT2D eigenvalue weighted by Crippen LogP contribution is 2.32. The summed E-state index contributed by atoms with van der Waals surface area (Å²) in [7, 11) is 0. The van der Waals surface area contributed by atoms with Crippen LogP contribution in [0, 0.1) is 5.41 Å². The maximum Gasteiger partial charge on any atom is 0.259 e. The highest BCUT2D eigenvalue weighted by Gasteiger charge is 2.27. The fourth-order valence-electron chi connectivity index (χ4n) is 2.43. The van der Waals surface area contributed by atoms with Gasteiger partial charge in [0.25, 0.3) is 5.91 Å². The third-order valence-electron chi connectivity index (χ3n) is 3.43. The van der Waals surface area contributed by atoms with Crippen LogP contribution < -0.4 is 10.7 Å². The number of aromatic hydroxyl groups is 1. The number of allylic oxidation sites excluding steroid dienone is 2. The Bertz CT molecular complexity index is 646. The average Bonchev–Trinajstić information content (AvgIpc) is 2.45. The van der Waals surface area contributed by atoms with Crippen LogP contribution in [0.4, 0.5) is 0 Å². The van der Waals surface area contributed by atoms with E-state index in [1.54, 1.807) is 30.3 Å². The van der Waals surface area contributed by atoms with Gasteiger partial charge in [0.15, 0.2) is 5.78 Å². The SMILES string of the molecule is CC1(C)CC(=O)C=C(NCC(=O)N/N=C\c2ccc(O)cc2)C1. The van der Waals surface area contributed by atoms with Crippen molar-refractivity contribution >= 4 is 17.9 Å². The molecule has 0 saturated carbocycles. The van der Waals surface area contributed by atoms with E-state index in [9.17, 15) is 9.59 Å². The smallest absolute Gasteiger partial charge is 0.259 e. The fraction of sp³-hybridized carbons (Fsp3) is 0.353. The predicted octanol–water partition coefficient (Wildman–Crippen LogP) is 1.70. The molecule has 2 rings (SSSR count). The lowest BCUT2D eigenvalue weighted by atomic mass is 9.79. The molecule has 1 aliphatic carbocycles. The predicted molar refractivity (Wildman–Crippen MR) is 88.0 cm³/mol. The Morgan fingerprint density at radius 1 is 1.30 bits per heavy atom. The standard InChI is InChI=1S/C17H21N3O3/c1-17(2)8-13(7-15(22)9-17)18-11-16(23)20-19-10-12-3-5-14(21)6-4-12/h3-7,10,18,21H,8-9,11H2,1-2H3,(H,20,23)/b19-10-. The first-order valence-corrected chi connectivity index (χ1v) is 7.42. The minimum atomic E-state index is -0.295. The second-order valence-corrected chi connectivity index (χ2v) is 6.39. The Hall–Kier alpha value is -2.63. The minimum absolute atomic E-state index is 0.0576. The van der Waals surface area contributed by atoms with E-state index in [1.807, 2.05) is 13.8 Å². The molecule has 3 N–H and O–H groups in total. The van der Waals surface area contributed by atoms with Crippen LogP contribution in [0.25, 0.3) is 0 Å². The van der Waals surface area contributed by atoms with Crippen LogP contribution >= 0.6 is 0 Å². The number of benzene rings is 1. The Morgan fingerprint density at radius 2 is 2.00 bits per heavy atom. The minimum Gasteiger partial charge on any atom is -0.508 e. The lowest BCUT2D eigenvalue weighted by molar-refractivity contribution is -0.120. The molecule has 0 bridgehead atoms. The van der Waals surface area contributed by atoms with Crippen molar-refractivity contribution in [2.45, 2.75) is 26.7 Å². The molecule has 23 heavy (non-hydrogen) atoms. The van der Waals surface area contributed by atoms with E-state index < -0.39 is 0 Å². The van der Waals surface area contributed by atoms with Crippen LogP contribution in [0.2, 0.25) is 0 Å². The second-order valence-electron chi connectivity index (χ2n) is 6.39. The highest BCUT2D eigenvalue weighted by atomic mass is 16.3. The van der Waals surface area contributed by atoms with Crippen LogP contribution in [-0.2, 0) is 9.59 Å². The van der Waals surface area contributed by atoms with E-state index in [0.29, 0.717) is 6.42 Å². The fourth-order valence-corrected chi connectivity index (χ4v) is 2.43. The lowest BCUT2D eigenvalue weighted by Crippen LogP contribution is -2.34. The molecule has 122 valence electrons. The summed E-state index contributed by atoms with van der Waals surface area (Å²) in [6, 6.07) is 6.45. The van der Waals surface area contributed by atoms with Gasteiger partial charge in [-0.3, -0.25) is 9.59 Å². The van der Waals surface area contributed by atoms with Gasteiger partial charge in [-0.1, -0.05) is 13.8 Å². The van der Waals surface area contributed by atoms with Gasteiger partial charge >= 0.3 is 0 Å². The summed E-state index contributed by atoms with van der Waals surface area (Å²) in [4.78, 5) is 23.4. The van der Waals surface area contributed by atoms with E-state index in [0.717, 1.165) is 17.7 Å². The van der Waals surface area contributed by atoms with Crippen molar-refractivity contribution in [3.63, 3.8) is 0 Å². The number of amides is 1. The number of ketones is 1. The molecule has 6 nitrogen and oxygen atoms in total. The van der Waals surface area contributed by atoms with Crippen molar-refractivity contribution < 1.29 is 14.7 Å². The molecule has 0 saturated heterocycles. The van der Waals surface area contributed by atoms with Crippen LogP contribution in [0.3, 0.4) is 0 Å². The Labute approximate surface area is 135 Å². The second kappa shape index (κ2) is 7.09. The average molecular weight is 315 g/mol. The zero-order chi connectivity index (χ0) is 16.9. The molecule has 0 spiro atoms. The van der Waals surface area contributed by atoms with Crippen LogP contribution in [0.5, 0.6) is 5.75 Å². The highest BCUT2D eigenvalue weighted by molar-refractivity contribution is 5.92. The number of nitrogens with one attached hydrogen (secondary N) is 2. The van der Waals surface area contributed by atoms with E-state index in [-0.39, 0.29) is 29.4 Å². The maximum absolute atomic E-state index is 11.7. The third kappa shape index (κ3) is 5.58. The lowest BCUT2D eigenvalue weighted by Gasteiger charge is -2.29. The molecule has 1 aliphatic rings. The molecule has 1 aromatic carbocycles. The Balaban J connectivity index is 1.79. The van der Waals surface area contributed by atoms with E-state index in [1.165, 1.54) is 6.21 Å². The normalized spacial score (nSPS) is 17.0. The van der Waals surface area contributed by atoms with Crippen molar-refractivity contribution in [3.05, 3.63) is 41.6 Å². The molecular formula is C17H21N3O3. The summed E-state index contributed by atoms with van der Waals surface area (Å²) in [5, 5.41) is 16.0. The summed E-state index contributed by atoms with van der Waals surface area (Å²) >= 11 is 0. The third-order valence-corrected chi connectivity index (χ3v) is 3.43. The number of hydrogen-bond donors (Lipinski definition) is 3. The van der Waals surface area contributed by atoms with Crippen molar-refractivity contribution in [1.29, 1.82) is 0 Å². The van der Waals surface area contributed by atoms with Gasteiger partial charge in [0, 0.05) is 18.2 Å². The summed E-state index contributed by atoms with van der Waals surface area (Å²) in [5.41, 5.74) is 3.87. The van der Waals surface area contributed by atoms with Crippen molar-refractivity contribution in [3.8, 4) is 5.75 Å². The van der Waals surface area contributed by atoms with Crippen LogP contribution in [0.1, 0.15) is 32.3 Å². The molecule has 0 aliphatic heterocycles. The molecule has 0 atom stereocenters. The summed E-state index contributed by atoms with van der Waals surface area (Å²) in [6.07, 6.45) is 4.33. The summed E-state index contributed by atoms with van der Waals surface area (Å²) in [5.74, 6) is -0.0418. The van der Waals surface area contributed by atoms with E-state index >= 15 is 0 Å². The van der Waals surface area contributed by atoms with Gasteiger partial charge in [-0.2, -0.15) is 5.10 Å². The quantitative estimate of drug-likeness (QED) is 0.570. The van der Waals surface area contributed by atoms with E-state index in [2.05, 4.69) is 15.8 Å². The van der Waals surface area contributed by atoms with Gasteiger partial charge in [-0.05, 0) is 41.7 Å². The largest absolute Gasteiger partial charge is 0.508 e. The number of phenols is 1. The monoisotopic (exact) mass is 315 g/mol. The first kappa shape index (κ1) is 16.7. The number of phenolic OH excluding ortho intramolecular Hbond substituents is 1. The van der Waals surface area contributed by atoms with Crippen molar-refractivity contribution in [1.82, 2.24) is 10.7 Å². The maximum atomic E-state index is 11.7. The summed E-state index contributed by atoms with van der Waals surface area (Å²) in [6.45, 7) is 4.12. The molecule has 1 aromatic rings. The first-order chi connectivity index (χ1) is 10.8. The zero-order valence-electron chi connectivity index (χ0n) is 13.3. The molecule has 0 radical (unpaired) electrons. The molecule has 0 unspecified atom stereocenters. The molecule has 0 heterocycles. The van der Waals surface area contributed by atoms with E-state index in [4.69, 9.17) is 5.11 Å². The molecule has 0 fully saturated rings. The number of rotatable bonds is 5. The molecule has 1 amide bonds. The number of hydrazone groups is 1.